The van der Waals surface area contributed by atoms with E-state index < -0.39 is 52.0 Å². The number of aromatic hydroxyl groups is 2. The molecule has 1 aliphatic carbocycles. The number of fused-ring (bicyclic) bond motifs is 3. The second-order valence-corrected chi connectivity index (χ2v) is 10.1. The molecule has 4 rings (SSSR count). The molecule has 1 heterocycles. The number of carbonyl (C=O) groups excluding carboxylic acids is 3. The van der Waals surface area contributed by atoms with Gasteiger partial charge in [0, 0.05) is 23.7 Å². The molecule has 0 bridgehead atoms. The molecule has 0 aliphatic heterocycles. The number of aromatic nitrogens is 1. The molecular formula is C25H25N3O11S. The van der Waals surface area contributed by atoms with E-state index in [0.717, 1.165) is 12.1 Å². The fraction of sp³-hybridized carbons (Fsp3) is 0.240. The normalized spacial score (nSPS) is 14.4. The van der Waals surface area contributed by atoms with Crippen LogP contribution in [0.3, 0.4) is 0 Å². The first kappa shape index (κ1) is 28.3. The van der Waals surface area contributed by atoms with Crippen molar-refractivity contribution in [2.75, 3.05) is 18.5 Å². The van der Waals surface area contributed by atoms with Crippen LogP contribution in [0.15, 0.2) is 53.4 Å². The number of ether oxygens (including phenoxy) is 2. The van der Waals surface area contributed by atoms with Crippen LogP contribution in [0.4, 0.5) is 15.3 Å². The largest absolute Gasteiger partial charge is 0.534 e. The molecule has 40 heavy (non-hydrogen) atoms. The summed E-state index contributed by atoms with van der Waals surface area (Å²) < 4.78 is 43.6. The van der Waals surface area contributed by atoms with Crippen LogP contribution in [0, 0.1) is 0 Å². The molecule has 3 aromatic rings. The Labute approximate surface area is 227 Å². The molecule has 14 nitrogen and oxygen atoms in total. The van der Waals surface area contributed by atoms with Crippen LogP contribution in [-0.2, 0) is 24.4 Å². The minimum Gasteiger partial charge on any atom is -0.492 e. The van der Waals surface area contributed by atoms with E-state index in [4.69, 9.17) is 14.3 Å². The van der Waals surface area contributed by atoms with Gasteiger partial charge in [0.05, 0.1) is 11.5 Å². The Morgan fingerprint density at radius 3 is 2.23 bits per heavy atom. The lowest BCUT2D eigenvalue weighted by Crippen LogP contribution is -2.41. The van der Waals surface area contributed by atoms with Crippen molar-refractivity contribution >= 4 is 34.0 Å². The predicted molar refractivity (Wildman–Crippen MR) is 137 cm³/mol. The smallest absolute Gasteiger partial charge is 0.492 e. The molecule has 212 valence electrons. The first-order chi connectivity index (χ1) is 18.9. The molecule has 1 aromatic heterocycles. The minimum atomic E-state index is -4.55. The number of hydrogen-bond acceptors (Lipinski definition) is 10. The van der Waals surface area contributed by atoms with Gasteiger partial charge in [-0.3, -0.25) is 14.2 Å². The highest BCUT2D eigenvalue weighted by Gasteiger charge is 2.32. The lowest BCUT2D eigenvalue weighted by molar-refractivity contribution is -0.117. The van der Waals surface area contributed by atoms with E-state index >= 15 is 0 Å². The summed E-state index contributed by atoms with van der Waals surface area (Å²) in [6.07, 6.45) is -2.04. The number of carbonyl (C=O) groups is 3. The second-order valence-electron chi connectivity index (χ2n) is 8.65. The van der Waals surface area contributed by atoms with Crippen LogP contribution in [0.25, 0.3) is 11.1 Å². The number of nitrogens with one attached hydrogen (secondary N) is 2. The van der Waals surface area contributed by atoms with E-state index in [0.29, 0.717) is 32.7 Å². The Hall–Kier alpha value is -4.76. The van der Waals surface area contributed by atoms with Crippen LogP contribution in [-0.4, -0.2) is 65.3 Å². The standard InChI is InChI=1S/C25H25N3O11S/c1-3-37-24(32)26-13(2)23(31)27-14-4-6-16-17-7-5-15(40(34,35)36)11-19(17)20(18(16)10-14)12-38-25(33)39-28-21(29)8-9-22(28)30/h4-11,13,20,29-30H,3,12H2,1-2H3,(H,26,32)(H,27,31)(H,34,35,36). The monoisotopic (exact) mass is 575 g/mol. The average Bonchev–Trinajstić information content (AvgIpc) is 3.37. The summed E-state index contributed by atoms with van der Waals surface area (Å²) in [6, 6.07) is 10.1. The van der Waals surface area contributed by atoms with Gasteiger partial charge in [-0.2, -0.15) is 8.42 Å². The first-order valence-electron chi connectivity index (χ1n) is 11.8. The Morgan fingerprint density at radius 2 is 1.60 bits per heavy atom. The molecule has 2 unspecified atom stereocenters. The van der Waals surface area contributed by atoms with Crippen molar-refractivity contribution < 1.29 is 51.9 Å². The number of amides is 2. The van der Waals surface area contributed by atoms with Crippen LogP contribution in [0.1, 0.15) is 30.9 Å². The predicted octanol–water partition coefficient (Wildman–Crippen LogP) is 2.60. The summed E-state index contributed by atoms with van der Waals surface area (Å²) in [5.74, 6) is -2.43. The highest BCUT2D eigenvalue weighted by Crippen LogP contribution is 2.46. The van der Waals surface area contributed by atoms with Crippen molar-refractivity contribution in [3.05, 3.63) is 59.7 Å². The van der Waals surface area contributed by atoms with Crippen LogP contribution >= 0.6 is 0 Å². The van der Waals surface area contributed by atoms with Crippen molar-refractivity contribution in [1.29, 1.82) is 0 Å². The molecule has 0 saturated heterocycles. The van der Waals surface area contributed by atoms with Crippen LogP contribution in [0.5, 0.6) is 11.8 Å². The Balaban J connectivity index is 1.60. The molecule has 2 amide bonds. The summed E-state index contributed by atoms with van der Waals surface area (Å²) in [6.45, 7) is 2.85. The van der Waals surface area contributed by atoms with Crippen molar-refractivity contribution in [2.45, 2.75) is 30.7 Å². The van der Waals surface area contributed by atoms with E-state index in [9.17, 15) is 37.6 Å². The molecule has 2 atom stereocenters. The number of nitrogens with zero attached hydrogens (tertiary/aromatic N) is 1. The Kier molecular flexibility index (Phi) is 7.88. The van der Waals surface area contributed by atoms with E-state index in [2.05, 4.69) is 10.6 Å². The molecule has 0 saturated carbocycles. The fourth-order valence-corrected chi connectivity index (χ4v) is 4.69. The van der Waals surface area contributed by atoms with Gasteiger partial charge in [0.25, 0.3) is 10.1 Å². The summed E-state index contributed by atoms with van der Waals surface area (Å²) in [4.78, 5) is 41.0. The maximum Gasteiger partial charge on any atom is 0.534 e. The molecule has 0 radical (unpaired) electrons. The van der Waals surface area contributed by atoms with E-state index in [1.165, 1.54) is 25.1 Å². The van der Waals surface area contributed by atoms with Gasteiger partial charge >= 0.3 is 12.2 Å². The van der Waals surface area contributed by atoms with Gasteiger partial charge in [-0.15, -0.1) is 4.73 Å². The quantitative estimate of drug-likeness (QED) is 0.195. The van der Waals surface area contributed by atoms with E-state index in [1.54, 1.807) is 25.1 Å². The third kappa shape index (κ3) is 5.94. The summed E-state index contributed by atoms with van der Waals surface area (Å²) in [7, 11) is -4.55. The molecule has 0 spiro atoms. The minimum absolute atomic E-state index is 0.135. The molecule has 2 aromatic carbocycles. The van der Waals surface area contributed by atoms with Gasteiger partial charge in [-0.1, -0.05) is 12.1 Å². The average molecular weight is 576 g/mol. The summed E-state index contributed by atoms with van der Waals surface area (Å²) >= 11 is 0. The Bertz CT molecular complexity index is 1560. The number of benzene rings is 2. The molecule has 5 N–H and O–H groups in total. The zero-order chi connectivity index (χ0) is 29.2. The zero-order valence-corrected chi connectivity index (χ0v) is 22.0. The first-order valence-corrected chi connectivity index (χ1v) is 13.3. The molecule has 1 aliphatic rings. The van der Waals surface area contributed by atoms with Gasteiger partial charge in [-0.25, -0.2) is 9.59 Å². The third-order valence-corrected chi connectivity index (χ3v) is 6.87. The summed E-state index contributed by atoms with van der Waals surface area (Å²) in [5, 5.41) is 24.4. The number of alkyl carbamates (subject to hydrolysis) is 1. The van der Waals surface area contributed by atoms with Crippen LogP contribution in [0.2, 0.25) is 0 Å². The SMILES string of the molecule is CCOC(=O)NC(C)C(=O)Nc1ccc2c(c1)C(COC(=O)On1c(O)ccc1O)c1cc(S(=O)(=O)O)ccc1-2. The lowest BCUT2D eigenvalue weighted by atomic mass is 9.97. The van der Waals surface area contributed by atoms with Gasteiger partial charge in [0.1, 0.15) is 12.6 Å². The van der Waals surface area contributed by atoms with Gasteiger partial charge in [0.2, 0.25) is 17.7 Å². The number of anilines is 1. The van der Waals surface area contributed by atoms with E-state index in [-0.39, 0.29) is 18.1 Å². The fourth-order valence-electron chi connectivity index (χ4n) is 4.17. The van der Waals surface area contributed by atoms with Crippen molar-refractivity contribution in [2.24, 2.45) is 0 Å². The summed E-state index contributed by atoms with van der Waals surface area (Å²) in [5.41, 5.74) is 2.53. The molecule has 0 fully saturated rings. The zero-order valence-electron chi connectivity index (χ0n) is 21.2. The van der Waals surface area contributed by atoms with E-state index in [1.807, 2.05) is 0 Å². The topological polar surface area (TPSA) is 203 Å². The Morgan fingerprint density at radius 1 is 0.975 bits per heavy atom. The van der Waals surface area contributed by atoms with Gasteiger partial charge < -0.3 is 30.3 Å². The second kappa shape index (κ2) is 11.2. The lowest BCUT2D eigenvalue weighted by Gasteiger charge is -2.17. The third-order valence-electron chi connectivity index (χ3n) is 6.02. The highest BCUT2D eigenvalue weighted by atomic mass is 32.2. The highest BCUT2D eigenvalue weighted by molar-refractivity contribution is 7.85. The number of rotatable bonds is 8. The van der Waals surface area contributed by atoms with Crippen LogP contribution < -0.4 is 15.5 Å². The number of hydrogen-bond donors (Lipinski definition) is 5. The maximum atomic E-state index is 12.6. The van der Waals surface area contributed by atoms with Gasteiger partial charge in [0.15, 0.2) is 0 Å². The maximum absolute atomic E-state index is 12.6. The molecule has 15 heteroatoms. The van der Waals surface area contributed by atoms with Gasteiger partial charge in [-0.05, 0) is 60.4 Å². The van der Waals surface area contributed by atoms with Crippen molar-refractivity contribution in [3.63, 3.8) is 0 Å². The van der Waals surface area contributed by atoms with Crippen molar-refractivity contribution in [1.82, 2.24) is 10.0 Å². The van der Waals surface area contributed by atoms with Crippen molar-refractivity contribution in [3.8, 4) is 22.9 Å². The molecular weight excluding hydrogens is 550 g/mol.